The molecule has 2 aromatic carbocycles. The van der Waals surface area contributed by atoms with E-state index in [0.717, 1.165) is 5.69 Å². The first kappa shape index (κ1) is 25.3. The van der Waals surface area contributed by atoms with Gasteiger partial charge in [0.2, 0.25) is 5.91 Å². The number of nitrogens with zero attached hydrogens (tertiary/aromatic N) is 3. The summed E-state index contributed by atoms with van der Waals surface area (Å²) in [6.07, 6.45) is -2.94. The highest BCUT2D eigenvalue weighted by Crippen LogP contribution is 2.23. The first-order valence-electron chi connectivity index (χ1n) is 10.4. The van der Waals surface area contributed by atoms with E-state index in [0.29, 0.717) is 22.3 Å². The van der Waals surface area contributed by atoms with Gasteiger partial charge < -0.3 is 10.6 Å². The molecule has 3 rings (SSSR count). The van der Waals surface area contributed by atoms with Crippen LogP contribution in [0, 0.1) is 6.92 Å². The smallest absolute Gasteiger partial charge is 0.343 e. The Morgan fingerprint density at radius 1 is 1.12 bits per heavy atom. The summed E-state index contributed by atoms with van der Waals surface area (Å²) in [5.41, 5.74) is 3.10. The highest BCUT2D eigenvalue weighted by Gasteiger charge is 2.28. The lowest BCUT2D eigenvalue weighted by Gasteiger charge is -2.12. The molecule has 0 atom stereocenters. The van der Waals surface area contributed by atoms with Crippen LogP contribution in [0.3, 0.4) is 0 Å². The van der Waals surface area contributed by atoms with Crippen LogP contribution in [0.2, 0.25) is 0 Å². The molecule has 0 saturated carbocycles. The molecular formula is C23H24F3N5O2S. The van der Waals surface area contributed by atoms with Crippen molar-refractivity contribution in [3.8, 4) is 5.69 Å². The molecule has 0 spiro atoms. The van der Waals surface area contributed by atoms with Crippen molar-refractivity contribution < 1.29 is 22.8 Å². The van der Waals surface area contributed by atoms with Gasteiger partial charge in [-0.05, 0) is 48.2 Å². The van der Waals surface area contributed by atoms with Gasteiger partial charge in [-0.25, -0.2) is 0 Å². The van der Waals surface area contributed by atoms with Crippen molar-refractivity contribution in [3.05, 3.63) is 65.5 Å². The molecule has 7 nitrogen and oxygen atoms in total. The first-order chi connectivity index (χ1) is 16.0. The van der Waals surface area contributed by atoms with Gasteiger partial charge in [0.25, 0.3) is 5.91 Å². The molecule has 0 aliphatic carbocycles. The molecule has 11 heteroatoms. The molecule has 2 N–H and O–H groups in total. The van der Waals surface area contributed by atoms with Gasteiger partial charge in [-0.1, -0.05) is 43.8 Å². The average Bonchev–Trinajstić information content (AvgIpc) is 3.26. The van der Waals surface area contributed by atoms with Crippen LogP contribution in [0.15, 0.2) is 53.9 Å². The number of rotatable bonds is 8. The van der Waals surface area contributed by atoms with Gasteiger partial charge in [0, 0.05) is 16.9 Å². The summed E-state index contributed by atoms with van der Waals surface area (Å²) in [7, 11) is 0. The lowest BCUT2D eigenvalue weighted by Crippen LogP contribution is -2.33. The van der Waals surface area contributed by atoms with E-state index in [4.69, 9.17) is 0 Å². The predicted octanol–water partition coefficient (Wildman–Crippen LogP) is 4.72. The Hall–Kier alpha value is -3.34. The molecule has 2 amide bonds. The van der Waals surface area contributed by atoms with Crippen molar-refractivity contribution in [2.75, 3.05) is 17.6 Å². The zero-order valence-corrected chi connectivity index (χ0v) is 19.6. The number of benzene rings is 2. The standard InChI is InChI=1S/C23H24F3N5O2S/c1-14(2)16-6-8-18(9-7-16)31-13-28-30-22(31)34-11-20(32)29-19-10-17(5-4-15(19)3)21(33)27-12-23(24,25)26/h4-10,13-14H,11-12H2,1-3H3,(H,27,33)(H,29,32). The van der Waals surface area contributed by atoms with Crippen LogP contribution in [0.5, 0.6) is 0 Å². The van der Waals surface area contributed by atoms with E-state index in [2.05, 4.69) is 29.4 Å². The summed E-state index contributed by atoms with van der Waals surface area (Å²) >= 11 is 1.19. The highest BCUT2D eigenvalue weighted by molar-refractivity contribution is 7.99. The number of anilines is 1. The number of carbonyl (C=O) groups excluding carboxylic acids is 2. The first-order valence-corrected chi connectivity index (χ1v) is 11.4. The largest absolute Gasteiger partial charge is 0.405 e. The number of hydrogen-bond donors (Lipinski definition) is 2. The minimum Gasteiger partial charge on any atom is -0.343 e. The molecule has 0 saturated heterocycles. The number of amides is 2. The lowest BCUT2D eigenvalue weighted by molar-refractivity contribution is -0.123. The maximum Gasteiger partial charge on any atom is 0.405 e. The van der Waals surface area contributed by atoms with E-state index in [-0.39, 0.29) is 17.2 Å². The van der Waals surface area contributed by atoms with Gasteiger partial charge in [0.05, 0.1) is 5.75 Å². The molecule has 0 fully saturated rings. The Morgan fingerprint density at radius 2 is 1.82 bits per heavy atom. The molecule has 0 aliphatic rings. The van der Waals surface area contributed by atoms with Gasteiger partial charge in [0.15, 0.2) is 5.16 Å². The molecule has 0 bridgehead atoms. The lowest BCUT2D eigenvalue weighted by atomic mass is 10.0. The summed E-state index contributed by atoms with van der Waals surface area (Å²) in [5, 5.41) is 13.1. The molecule has 1 heterocycles. The van der Waals surface area contributed by atoms with Crippen molar-refractivity contribution in [2.45, 2.75) is 38.0 Å². The maximum atomic E-state index is 12.5. The Morgan fingerprint density at radius 3 is 2.47 bits per heavy atom. The van der Waals surface area contributed by atoms with Crippen LogP contribution in [0.4, 0.5) is 18.9 Å². The second-order valence-corrected chi connectivity index (χ2v) is 8.84. The quantitative estimate of drug-likeness (QED) is 0.445. The summed E-state index contributed by atoms with van der Waals surface area (Å²) < 4.78 is 38.8. The monoisotopic (exact) mass is 491 g/mol. The van der Waals surface area contributed by atoms with Gasteiger partial charge in [-0.3, -0.25) is 14.2 Å². The summed E-state index contributed by atoms with van der Waals surface area (Å²) in [5.74, 6) is -0.804. The van der Waals surface area contributed by atoms with Crippen LogP contribution in [0.1, 0.15) is 41.3 Å². The Kier molecular flexibility index (Phi) is 7.98. The van der Waals surface area contributed by atoms with Gasteiger partial charge in [0.1, 0.15) is 12.9 Å². The third-order valence-electron chi connectivity index (χ3n) is 4.91. The van der Waals surface area contributed by atoms with Crippen molar-refractivity contribution in [1.82, 2.24) is 20.1 Å². The molecular weight excluding hydrogens is 467 g/mol. The number of aromatic nitrogens is 3. The number of nitrogens with one attached hydrogen (secondary N) is 2. The SMILES string of the molecule is Cc1ccc(C(=O)NCC(F)(F)F)cc1NC(=O)CSc1nncn1-c1ccc(C(C)C)cc1. The third kappa shape index (κ3) is 6.83. The fourth-order valence-corrected chi connectivity index (χ4v) is 3.75. The molecule has 3 aromatic rings. The molecule has 0 aliphatic heterocycles. The Bertz CT molecular complexity index is 1160. The average molecular weight is 492 g/mol. The van der Waals surface area contributed by atoms with E-state index >= 15 is 0 Å². The predicted molar refractivity (Wildman–Crippen MR) is 124 cm³/mol. The van der Waals surface area contributed by atoms with Crippen LogP contribution in [0.25, 0.3) is 5.69 Å². The molecule has 34 heavy (non-hydrogen) atoms. The summed E-state index contributed by atoms with van der Waals surface area (Å²) in [6, 6.07) is 12.3. The third-order valence-corrected chi connectivity index (χ3v) is 5.85. The number of aryl methyl sites for hydroxylation is 1. The number of halogens is 3. The van der Waals surface area contributed by atoms with Crippen molar-refractivity contribution >= 4 is 29.3 Å². The van der Waals surface area contributed by atoms with E-state index in [1.165, 1.54) is 29.5 Å². The fourth-order valence-electron chi connectivity index (χ4n) is 3.02. The van der Waals surface area contributed by atoms with E-state index in [1.54, 1.807) is 23.9 Å². The Balaban J connectivity index is 1.63. The second-order valence-electron chi connectivity index (χ2n) is 7.89. The fraction of sp³-hybridized carbons (Fsp3) is 0.304. The minimum absolute atomic E-state index is 0.0161. The molecule has 0 unspecified atom stereocenters. The van der Waals surface area contributed by atoms with E-state index in [1.807, 2.05) is 29.6 Å². The van der Waals surface area contributed by atoms with Gasteiger partial charge in [-0.2, -0.15) is 13.2 Å². The zero-order valence-electron chi connectivity index (χ0n) is 18.8. The van der Waals surface area contributed by atoms with Crippen molar-refractivity contribution in [1.29, 1.82) is 0 Å². The van der Waals surface area contributed by atoms with Crippen LogP contribution in [-0.4, -0.2) is 45.1 Å². The maximum absolute atomic E-state index is 12.5. The summed E-state index contributed by atoms with van der Waals surface area (Å²) in [6.45, 7) is 4.51. The van der Waals surface area contributed by atoms with Crippen molar-refractivity contribution in [3.63, 3.8) is 0 Å². The second kappa shape index (κ2) is 10.7. The van der Waals surface area contributed by atoms with Crippen LogP contribution >= 0.6 is 11.8 Å². The number of alkyl halides is 3. The topological polar surface area (TPSA) is 88.9 Å². The zero-order chi connectivity index (χ0) is 24.9. The van der Waals surface area contributed by atoms with E-state index < -0.39 is 18.6 Å². The van der Waals surface area contributed by atoms with Crippen LogP contribution in [-0.2, 0) is 4.79 Å². The van der Waals surface area contributed by atoms with Gasteiger partial charge >= 0.3 is 6.18 Å². The highest BCUT2D eigenvalue weighted by atomic mass is 32.2. The summed E-state index contributed by atoms with van der Waals surface area (Å²) in [4.78, 5) is 24.5. The molecule has 1 aromatic heterocycles. The normalized spacial score (nSPS) is 11.5. The van der Waals surface area contributed by atoms with E-state index in [9.17, 15) is 22.8 Å². The minimum atomic E-state index is -4.51. The van der Waals surface area contributed by atoms with Crippen LogP contribution < -0.4 is 10.6 Å². The van der Waals surface area contributed by atoms with Crippen molar-refractivity contribution in [2.24, 2.45) is 0 Å². The number of thioether (sulfide) groups is 1. The number of carbonyl (C=O) groups is 2. The molecule has 0 radical (unpaired) electrons. The Labute approximate surface area is 199 Å². The van der Waals surface area contributed by atoms with Gasteiger partial charge in [-0.15, -0.1) is 10.2 Å². The number of hydrogen-bond acceptors (Lipinski definition) is 5. The molecule has 180 valence electrons.